The van der Waals surface area contributed by atoms with Crippen molar-refractivity contribution in [3.05, 3.63) is 36.5 Å². The molecule has 0 saturated carbocycles. The van der Waals surface area contributed by atoms with E-state index in [2.05, 4.69) is 50.3 Å². The number of unbranched alkanes of at least 4 members (excludes halogenated alkanes) is 19. The predicted molar refractivity (Wildman–Crippen MR) is 190 cm³/mol. The molecule has 0 aromatic rings. The summed E-state index contributed by atoms with van der Waals surface area (Å²) >= 11 is 0. The topological polar surface area (TPSA) is 63.6 Å². The largest absolute Gasteiger partial charge is 0.481 e. The molecule has 1 unspecified atom stereocenters. The quantitative estimate of drug-likeness (QED) is 0.0444. The number of hydrogen-bond acceptors (Lipinski definition) is 3. The molecular weight excluding hydrogens is 544 g/mol. The van der Waals surface area contributed by atoms with E-state index in [1.165, 1.54) is 103 Å². The summed E-state index contributed by atoms with van der Waals surface area (Å²) in [5.74, 6) is -0.652. The Morgan fingerprint density at radius 2 is 0.955 bits per heavy atom. The average Bonchev–Trinajstić information content (AvgIpc) is 3.00. The normalized spacial score (nSPS) is 12.6. The van der Waals surface area contributed by atoms with Gasteiger partial charge in [-0.15, -0.1) is 0 Å². The van der Waals surface area contributed by atoms with Gasteiger partial charge in [0.15, 0.2) is 0 Å². The summed E-state index contributed by atoms with van der Waals surface area (Å²) in [4.78, 5) is 23.1. The fourth-order valence-corrected chi connectivity index (χ4v) is 5.61. The number of carboxylic acid groups (broad SMARTS) is 1. The Labute approximate surface area is 273 Å². The van der Waals surface area contributed by atoms with Gasteiger partial charge in [-0.2, -0.15) is 0 Å². The highest BCUT2D eigenvalue weighted by molar-refractivity contribution is 5.69. The minimum absolute atomic E-state index is 0.0218. The molecule has 256 valence electrons. The van der Waals surface area contributed by atoms with Crippen LogP contribution in [-0.4, -0.2) is 23.1 Å². The van der Waals surface area contributed by atoms with Gasteiger partial charge in [-0.25, -0.2) is 0 Å². The van der Waals surface area contributed by atoms with Gasteiger partial charge >= 0.3 is 11.9 Å². The van der Waals surface area contributed by atoms with E-state index in [4.69, 9.17) is 9.84 Å². The smallest absolute Gasteiger partial charge is 0.306 e. The summed E-state index contributed by atoms with van der Waals surface area (Å²) in [6, 6.07) is 0. The number of rotatable bonds is 34. The van der Waals surface area contributed by atoms with Crippen molar-refractivity contribution in [3.63, 3.8) is 0 Å². The minimum Gasteiger partial charge on any atom is -0.481 e. The van der Waals surface area contributed by atoms with E-state index in [-0.39, 0.29) is 12.1 Å². The average molecular weight is 617 g/mol. The van der Waals surface area contributed by atoms with E-state index in [1.807, 2.05) is 0 Å². The summed E-state index contributed by atoms with van der Waals surface area (Å²) in [5, 5.41) is 8.68. The van der Waals surface area contributed by atoms with Crippen molar-refractivity contribution in [3.8, 4) is 0 Å². The van der Waals surface area contributed by atoms with Crippen LogP contribution in [0.15, 0.2) is 36.5 Å². The van der Waals surface area contributed by atoms with Gasteiger partial charge in [0.05, 0.1) is 0 Å². The standard InChI is InChI=1S/C40H72O4/c1-3-5-7-8-9-10-11-12-13-14-15-16-20-23-26-29-33-37-40(43)44-38(34-30-6-4-2)35-31-27-24-21-18-17-19-22-25-28-32-36-39(41)42/h5,7,9-10,12-13,38H,3-4,6,8,11,14-37H2,1-2H3,(H,41,42)/b7-5-,10-9-,13-12-. The zero-order chi connectivity index (χ0) is 32.2. The van der Waals surface area contributed by atoms with E-state index >= 15 is 0 Å². The first kappa shape index (κ1) is 42.2. The molecule has 0 aliphatic rings. The molecule has 0 saturated heterocycles. The number of allylic oxidation sites excluding steroid dienone is 6. The van der Waals surface area contributed by atoms with Crippen LogP contribution >= 0.6 is 0 Å². The van der Waals surface area contributed by atoms with E-state index in [9.17, 15) is 9.59 Å². The fourth-order valence-electron chi connectivity index (χ4n) is 5.61. The van der Waals surface area contributed by atoms with Gasteiger partial charge in [-0.1, -0.05) is 153 Å². The van der Waals surface area contributed by atoms with Gasteiger partial charge < -0.3 is 9.84 Å². The fraction of sp³-hybridized carbons (Fsp3) is 0.800. The first-order chi connectivity index (χ1) is 21.6. The van der Waals surface area contributed by atoms with E-state index in [1.54, 1.807) is 0 Å². The van der Waals surface area contributed by atoms with Crippen LogP contribution < -0.4 is 0 Å². The summed E-state index contributed by atoms with van der Waals surface area (Å²) in [6.07, 6.45) is 46.2. The highest BCUT2D eigenvalue weighted by Crippen LogP contribution is 2.18. The monoisotopic (exact) mass is 617 g/mol. The van der Waals surface area contributed by atoms with Gasteiger partial charge in [0.2, 0.25) is 0 Å². The molecule has 4 heteroatoms. The molecule has 1 atom stereocenters. The van der Waals surface area contributed by atoms with Gasteiger partial charge in [-0.3, -0.25) is 9.59 Å². The van der Waals surface area contributed by atoms with E-state index < -0.39 is 5.97 Å². The maximum absolute atomic E-state index is 12.5. The van der Waals surface area contributed by atoms with Gasteiger partial charge in [0.1, 0.15) is 6.10 Å². The molecular formula is C40H72O4. The SMILES string of the molecule is CC/C=C\C/C=C\C/C=C\CCCCCCCCCC(=O)OC(CCCCC)CCCCCCCCCCCCCC(=O)O. The highest BCUT2D eigenvalue weighted by Gasteiger charge is 2.14. The molecule has 0 aromatic carbocycles. The second kappa shape index (κ2) is 35.6. The molecule has 4 nitrogen and oxygen atoms in total. The summed E-state index contributed by atoms with van der Waals surface area (Å²) in [7, 11) is 0. The Morgan fingerprint density at radius 3 is 1.48 bits per heavy atom. The van der Waals surface area contributed by atoms with Crippen molar-refractivity contribution in [2.75, 3.05) is 0 Å². The number of aliphatic carboxylic acids is 1. The van der Waals surface area contributed by atoms with Crippen molar-refractivity contribution in [1.82, 2.24) is 0 Å². The Hall–Kier alpha value is -1.84. The zero-order valence-corrected chi connectivity index (χ0v) is 29.2. The Morgan fingerprint density at radius 1 is 0.523 bits per heavy atom. The van der Waals surface area contributed by atoms with Gasteiger partial charge in [0, 0.05) is 12.8 Å². The predicted octanol–water partition coefficient (Wildman–Crippen LogP) is 13.0. The zero-order valence-electron chi connectivity index (χ0n) is 29.2. The molecule has 0 aliphatic carbocycles. The molecule has 0 heterocycles. The number of carboxylic acids is 1. The highest BCUT2D eigenvalue weighted by atomic mass is 16.5. The molecule has 0 aromatic heterocycles. The van der Waals surface area contributed by atoms with Crippen molar-refractivity contribution >= 4 is 11.9 Å². The minimum atomic E-state index is -0.673. The lowest BCUT2D eigenvalue weighted by atomic mass is 10.0. The van der Waals surface area contributed by atoms with Gasteiger partial charge in [0.25, 0.3) is 0 Å². The Balaban J connectivity index is 3.75. The second-order valence-corrected chi connectivity index (χ2v) is 12.7. The van der Waals surface area contributed by atoms with Crippen LogP contribution in [0.25, 0.3) is 0 Å². The lowest BCUT2D eigenvalue weighted by molar-refractivity contribution is -0.150. The van der Waals surface area contributed by atoms with Crippen LogP contribution in [-0.2, 0) is 14.3 Å². The Kier molecular flexibility index (Phi) is 34.1. The number of esters is 1. The molecule has 0 radical (unpaired) electrons. The van der Waals surface area contributed by atoms with E-state index in [0.29, 0.717) is 12.8 Å². The maximum atomic E-state index is 12.5. The molecule has 0 fully saturated rings. The van der Waals surface area contributed by atoms with Crippen LogP contribution in [0.4, 0.5) is 0 Å². The van der Waals surface area contributed by atoms with Crippen LogP contribution in [0.3, 0.4) is 0 Å². The van der Waals surface area contributed by atoms with Gasteiger partial charge in [-0.05, 0) is 70.6 Å². The van der Waals surface area contributed by atoms with Crippen LogP contribution in [0.2, 0.25) is 0 Å². The molecule has 1 N–H and O–H groups in total. The van der Waals surface area contributed by atoms with Crippen molar-refractivity contribution in [2.45, 2.75) is 206 Å². The molecule has 0 spiro atoms. The molecule has 0 aliphatic heterocycles. The number of hydrogen-bond donors (Lipinski definition) is 1. The molecule has 44 heavy (non-hydrogen) atoms. The van der Waals surface area contributed by atoms with Crippen LogP contribution in [0, 0.1) is 0 Å². The van der Waals surface area contributed by atoms with E-state index in [0.717, 1.165) is 70.6 Å². The summed E-state index contributed by atoms with van der Waals surface area (Å²) in [5.41, 5.74) is 0. The third-order valence-electron chi connectivity index (χ3n) is 8.38. The summed E-state index contributed by atoms with van der Waals surface area (Å²) < 4.78 is 5.95. The second-order valence-electron chi connectivity index (χ2n) is 12.7. The lowest BCUT2D eigenvalue weighted by Crippen LogP contribution is -2.18. The van der Waals surface area contributed by atoms with Crippen molar-refractivity contribution in [2.24, 2.45) is 0 Å². The molecule has 0 bridgehead atoms. The number of carbonyl (C=O) groups is 2. The van der Waals surface area contributed by atoms with Crippen molar-refractivity contribution in [1.29, 1.82) is 0 Å². The number of carbonyl (C=O) groups excluding carboxylic acids is 1. The first-order valence-corrected chi connectivity index (χ1v) is 19.0. The van der Waals surface area contributed by atoms with Crippen molar-refractivity contribution < 1.29 is 19.4 Å². The third kappa shape index (κ3) is 34.6. The van der Waals surface area contributed by atoms with Crippen LogP contribution in [0.1, 0.15) is 200 Å². The Bertz CT molecular complexity index is 708. The maximum Gasteiger partial charge on any atom is 0.306 e. The summed E-state index contributed by atoms with van der Waals surface area (Å²) in [6.45, 7) is 4.40. The first-order valence-electron chi connectivity index (χ1n) is 19.0. The molecule has 0 rings (SSSR count). The third-order valence-corrected chi connectivity index (χ3v) is 8.38. The lowest BCUT2D eigenvalue weighted by Gasteiger charge is -2.18. The molecule has 0 amide bonds. The van der Waals surface area contributed by atoms with Crippen LogP contribution in [0.5, 0.6) is 0 Å². The number of ether oxygens (including phenoxy) is 1.